The van der Waals surface area contributed by atoms with E-state index in [-0.39, 0.29) is 0 Å². The van der Waals surface area contributed by atoms with Crippen molar-refractivity contribution in [2.24, 2.45) is 0 Å². The summed E-state index contributed by atoms with van der Waals surface area (Å²) in [5.74, 6) is 0.787. The molecule has 2 aromatic rings. The average molecular weight is 359 g/mol. The van der Waals surface area contributed by atoms with Gasteiger partial charge in [0, 0.05) is 9.50 Å². The summed E-state index contributed by atoms with van der Waals surface area (Å²) in [6.45, 7) is 2.17. The van der Waals surface area contributed by atoms with Crippen LogP contribution in [0.4, 0.5) is 5.69 Å². The van der Waals surface area contributed by atoms with Gasteiger partial charge in [0.05, 0.1) is 19.3 Å². The molecule has 0 atom stereocenters. The van der Waals surface area contributed by atoms with Crippen LogP contribution in [0.5, 0.6) is 0 Å². The minimum atomic E-state index is -0.401. The molecule has 20 heavy (non-hydrogen) atoms. The maximum absolute atomic E-state index is 11.5. The summed E-state index contributed by atoms with van der Waals surface area (Å²) in [4.78, 5) is 11.5. The lowest BCUT2D eigenvalue weighted by molar-refractivity contribution is 0.0599. The monoisotopic (exact) mass is 357 g/mol. The number of ether oxygens (including phenoxy) is 1. The number of furan rings is 1. The lowest BCUT2D eigenvalue weighted by atomic mass is 10.2. The third-order valence-electron chi connectivity index (χ3n) is 2.76. The molecular formula is C14H13BrClNO3. The first-order valence-electron chi connectivity index (χ1n) is 5.88. The number of esters is 1. The van der Waals surface area contributed by atoms with Crippen molar-refractivity contribution in [3.05, 3.63) is 50.8 Å². The number of aryl methyl sites for hydroxylation is 1. The maximum Gasteiger partial charge on any atom is 0.341 e. The topological polar surface area (TPSA) is 51.5 Å². The van der Waals surface area contributed by atoms with Crippen molar-refractivity contribution in [3.8, 4) is 0 Å². The zero-order valence-corrected chi connectivity index (χ0v) is 13.3. The molecule has 0 aliphatic heterocycles. The number of anilines is 1. The zero-order valence-electron chi connectivity index (χ0n) is 11.0. The minimum Gasteiger partial charge on any atom is -0.465 e. The lowest BCUT2D eigenvalue weighted by Crippen LogP contribution is -2.01. The van der Waals surface area contributed by atoms with Gasteiger partial charge in [-0.05, 0) is 47.1 Å². The molecule has 1 aromatic carbocycles. The normalized spacial score (nSPS) is 10.4. The molecule has 4 nitrogen and oxygen atoms in total. The van der Waals surface area contributed by atoms with Crippen LogP contribution in [0.25, 0.3) is 0 Å². The molecule has 0 unspecified atom stereocenters. The molecule has 1 aromatic heterocycles. The smallest absolute Gasteiger partial charge is 0.341 e. The molecule has 0 bridgehead atoms. The molecule has 0 saturated heterocycles. The van der Waals surface area contributed by atoms with E-state index in [1.54, 1.807) is 19.1 Å². The molecule has 106 valence electrons. The summed E-state index contributed by atoms with van der Waals surface area (Å²) in [5, 5.41) is 3.83. The number of carbonyl (C=O) groups excluding carboxylic acids is 1. The zero-order chi connectivity index (χ0) is 14.7. The van der Waals surface area contributed by atoms with E-state index in [1.807, 2.05) is 12.1 Å². The number of rotatable bonds is 4. The number of carbonyl (C=O) groups is 1. The lowest BCUT2D eigenvalue weighted by Gasteiger charge is -2.07. The van der Waals surface area contributed by atoms with Crippen LogP contribution >= 0.6 is 27.5 Å². The van der Waals surface area contributed by atoms with Crippen LogP contribution in [0.1, 0.15) is 21.9 Å². The molecule has 2 rings (SSSR count). The van der Waals surface area contributed by atoms with Crippen LogP contribution in [0.2, 0.25) is 5.02 Å². The molecule has 0 aliphatic carbocycles. The molecule has 1 heterocycles. The molecule has 1 N–H and O–H groups in total. The Morgan fingerprint density at radius 2 is 2.20 bits per heavy atom. The number of methoxy groups -OCH3 is 1. The summed E-state index contributed by atoms with van der Waals surface area (Å²) in [7, 11) is 1.34. The van der Waals surface area contributed by atoms with Crippen molar-refractivity contribution >= 4 is 39.2 Å². The van der Waals surface area contributed by atoms with Crippen molar-refractivity contribution in [2.45, 2.75) is 13.5 Å². The van der Waals surface area contributed by atoms with Gasteiger partial charge in [-0.1, -0.05) is 11.6 Å². The fourth-order valence-electron chi connectivity index (χ4n) is 1.76. The van der Waals surface area contributed by atoms with E-state index in [2.05, 4.69) is 26.0 Å². The summed E-state index contributed by atoms with van der Waals surface area (Å²) in [6, 6.07) is 7.14. The first-order chi connectivity index (χ1) is 9.51. The largest absolute Gasteiger partial charge is 0.465 e. The van der Waals surface area contributed by atoms with Crippen molar-refractivity contribution < 1.29 is 13.9 Å². The van der Waals surface area contributed by atoms with E-state index >= 15 is 0 Å². The second-order valence-corrected chi connectivity index (χ2v) is 5.44. The SMILES string of the molecule is COC(=O)c1cc(CNc2cc(Cl)ccc2Br)oc1C. The fourth-order valence-corrected chi connectivity index (χ4v) is 2.32. The van der Waals surface area contributed by atoms with E-state index in [0.717, 1.165) is 10.2 Å². The van der Waals surface area contributed by atoms with E-state index in [4.69, 9.17) is 16.0 Å². The van der Waals surface area contributed by atoms with Gasteiger partial charge in [0.1, 0.15) is 17.1 Å². The predicted octanol–water partition coefficient (Wildman–Crippen LogP) is 4.40. The molecule has 0 amide bonds. The van der Waals surface area contributed by atoms with Gasteiger partial charge in [0.2, 0.25) is 0 Å². The first kappa shape index (κ1) is 14.9. The van der Waals surface area contributed by atoms with E-state index < -0.39 is 5.97 Å². The second-order valence-electron chi connectivity index (χ2n) is 4.15. The van der Waals surface area contributed by atoms with Gasteiger partial charge in [-0.3, -0.25) is 0 Å². The number of nitrogens with one attached hydrogen (secondary N) is 1. The van der Waals surface area contributed by atoms with Crippen LogP contribution in [-0.2, 0) is 11.3 Å². The number of benzene rings is 1. The third-order valence-corrected chi connectivity index (χ3v) is 3.68. The van der Waals surface area contributed by atoms with Gasteiger partial charge in [0.15, 0.2) is 0 Å². The van der Waals surface area contributed by atoms with Crippen LogP contribution in [0.3, 0.4) is 0 Å². The van der Waals surface area contributed by atoms with Gasteiger partial charge < -0.3 is 14.5 Å². The summed E-state index contributed by atoms with van der Waals surface area (Å²) >= 11 is 9.38. The highest BCUT2D eigenvalue weighted by Gasteiger charge is 2.15. The fraction of sp³-hybridized carbons (Fsp3) is 0.214. The molecule has 0 radical (unpaired) electrons. The van der Waals surface area contributed by atoms with Gasteiger partial charge in [0.25, 0.3) is 0 Å². The highest BCUT2D eigenvalue weighted by molar-refractivity contribution is 9.10. The second kappa shape index (κ2) is 6.33. The molecule has 0 spiro atoms. The van der Waals surface area contributed by atoms with Crippen LogP contribution in [0.15, 0.2) is 33.2 Å². The molecule has 6 heteroatoms. The molecule has 0 aliphatic rings. The number of hydrogen-bond acceptors (Lipinski definition) is 4. The van der Waals surface area contributed by atoms with Crippen molar-refractivity contribution in [1.82, 2.24) is 0 Å². The van der Waals surface area contributed by atoms with E-state index in [0.29, 0.717) is 28.7 Å². The van der Waals surface area contributed by atoms with Crippen molar-refractivity contribution in [1.29, 1.82) is 0 Å². The van der Waals surface area contributed by atoms with Crippen LogP contribution < -0.4 is 5.32 Å². The molecular weight excluding hydrogens is 346 g/mol. The summed E-state index contributed by atoms with van der Waals surface area (Å²) < 4.78 is 11.1. The third kappa shape index (κ3) is 3.35. The summed E-state index contributed by atoms with van der Waals surface area (Å²) in [5.41, 5.74) is 1.29. The number of halogens is 2. The number of hydrogen-bond donors (Lipinski definition) is 1. The minimum absolute atomic E-state index is 0.401. The standard InChI is InChI=1S/C14H13BrClNO3/c1-8-11(14(18)19-2)6-10(20-8)7-17-13-5-9(16)3-4-12(13)15/h3-6,17H,7H2,1-2H3. The highest BCUT2D eigenvalue weighted by atomic mass is 79.9. The van der Waals surface area contributed by atoms with Crippen LogP contribution in [0, 0.1) is 6.92 Å². The van der Waals surface area contributed by atoms with Gasteiger partial charge in [-0.2, -0.15) is 0 Å². The highest BCUT2D eigenvalue weighted by Crippen LogP contribution is 2.26. The Kier molecular flexibility index (Phi) is 4.73. The van der Waals surface area contributed by atoms with Crippen molar-refractivity contribution in [3.63, 3.8) is 0 Å². The Bertz CT molecular complexity index is 639. The first-order valence-corrected chi connectivity index (χ1v) is 7.05. The molecule has 0 fully saturated rings. The Labute approximate surface area is 130 Å². The van der Waals surface area contributed by atoms with Gasteiger partial charge >= 0.3 is 5.97 Å². The van der Waals surface area contributed by atoms with Gasteiger partial charge in [-0.25, -0.2) is 4.79 Å². The van der Waals surface area contributed by atoms with Gasteiger partial charge in [-0.15, -0.1) is 0 Å². The van der Waals surface area contributed by atoms with Crippen LogP contribution in [-0.4, -0.2) is 13.1 Å². The maximum atomic E-state index is 11.5. The van der Waals surface area contributed by atoms with E-state index in [9.17, 15) is 4.79 Å². The predicted molar refractivity (Wildman–Crippen MR) is 81.3 cm³/mol. The van der Waals surface area contributed by atoms with Crippen molar-refractivity contribution in [2.75, 3.05) is 12.4 Å². The Hall–Kier alpha value is -1.46. The Morgan fingerprint density at radius 1 is 1.45 bits per heavy atom. The molecule has 0 saturated carbocycles. The Morgan fingerprint density at radius 3 is 2.90 bits per heavy atom. The average Bonchev–Trinajstić information content (AvgIpc) is 2.80. The quantitative estimate of drug-likeness (QED) is 0.823. The summed E-state index contributed by atoms with van der Waals surface area (Å²) in [6.07, 6.45) is 0. The Balaban J connectivity index is 2.11. The van der Waals surface area contributed by atoms with E-state index in [1.165, 1.54) is 7.11 Å².